The average molecular weight is 302 g/mol. The van der Waals surface area contributed by atoms with Gasteiger partial charge < -0.3 is 9.47 Å². The smallest absolute Gasteiger partial charge is 0.209 e. The van der Waals surface area contributed by atoms with Crippen LogP contribution in [0.25, 0.3) is 0 Å². The quantitative estimate of drug-likeness (QED) is 0.838. The van der Waals surface area contributed by atoms with Crippen LogP contribution in [0.2, 0.25) is 0 Å². The van der Waals surface area contributed by atoms with Crippen molar-refractivity contribution >= 4 is 5.90 Å². The van der Waals surface area contributed by atoms with Gasteiger partial charge in [0.25, 0.3) is 0 Å². The molecule has 2 aliphatic heterocycles. The van der Waals surface area contributed by atoms with Gasteiger partial charge in [-0.3, -0.25) is 5.01 Å². The lowest BCUT2D eigenvalue weighted by atomic mass is 9.93. The van der Waals surface area contributed by atoms with Gasteiger partial charge in [-0.25, -0.2) is 0 Å². The normalized spacial score (nSPS) is 27.1. The van der Waals surface area contributed by atoms with E-state index in [1.807, 2.05) is 0 Å². The van der Waals surface area contributed by atoms with Crippen molar-refractivity contribution in [2.24, 2.45) is 11.0 Å². The molecule has 0 aliphatic carbocycles. The molecule has 2 aliphatic rings. The molecule has 0 unspecified atom stereocenters. The number of ether oxygens (including phenoxy) is 2. The predicted molar refractivity (Wildman–Crippen MR) is 87.9 cm³/mol. The van der Waals surface area contributed by atoms with E-state index in [0.29, 0.717) is 12.0 Å². The Kier molecular flexibility index (Phi) is 5.33. The predicted octanol–water partition coefficient (Wildman–Crippen LogP) is 3.08. The Hall–Kier alpha value is -1.55. The van der Waals surface area contributed by atoms with Crippen molar-refractivity contribution in [3.63, 3.8) is 0 Å². The number of benzene rings is 1. The summed E-state index contributed by atoms with van der Waals surface area (Å²) in [5, 5.41) is 7.04. The van der Waals surface area contributed by atoms with Crippen LogP contribution in [-0.2, 0) is 15.9 Å². The molecule has 0 aromatic heterocycles. The molecule has 0 bridgehead atoms. The molecule has 2 fully saturated rings. The lowest BCUT2D eigenvalue weighted by molar-refractivity contribution is 0.112. The first-order valence-electron chi connectivity index (χ1n) is 8.37. The van der Waals surface area contributed by atoms with Crippen LogP contribution in [0, 0.1) is 5.92 Å². The van der Waals surface area contributed by atoms with Crippen molar-refractivity contribution in [1.82, 2.24) is 5.01 Å². The van der Waals surface area contributed by atoms with E-state index < -0.39 is 0 Å². The second-order valence-electron chi connectivity index (χ2n) is 6.23. The Bertz CT molecular complexity index is 489. The van der Waals surface area contributed by atoms with Crippen LogP contribution in [0.15, 0.2) is 35.4 Å². The van der Waals surface area contributed by atoms with Crippen LogP contribution in [0.5, 0.6) is 0 Å². The number of hydrogen-bond acceptors (Lipinski definition) is 4. The summed E-state index contributed by atoms with van der Waals surface area (Å²) in [5.41, 5.74) is 1.36. The van der Waals surface area contributed by atoms with E-state index in [1.54, 1.807) is 7.11 Å². The van der Waals surface area contributed by atoms with Gasteiger partial charge in [-0.2, -0.15) is 0 Å². The third-order valence-electron chi connectivity index (χ3n) is 4.55. The van der Waals surface area contributed by atoms with E-state index >= 15 is 0 Å². The molecule has 0 saturated carbocycles. The molecular weight excluding hydrogens is 276 g/mol. The maximum Gasteiger partial charge on any atom is 0.209 e. The Labute approximate surface area is 133 Å². The van der Waals surface area contributed by atoms with Crippen molar-refractivity contribution in [1.29, 1.82) is 0 Å². The van der Waals surface area contributed by atoms with Gasteiger partial charge in [-0.05, 0) is 37.7 Å². The van der Waals surface area contributed by atoms with Crippen molar-refractivity contribution in [2.75, 3.05) is 26.9 Å². The van der Waals surface area contributed by atoms with Crippen LogP contribution in [0.3, 0.4) is 0 Å². The minimum atomic E-state index is 0.403. The molecule has 22 heavy (non-hydrogen) atoms. The lowest BCUT2D eigenvalue weighted by Crippen LogP contribution is -2.33. The number of methoxy groups -OCH3 is 1. The zero-order chi connectivity index (χ0) is 15.2. The first-order valence-corrected chi connectivity index (χ1v) is 8.37. The van der Waals surface area contributed by atoms with Crippen molar-refractivity contribution in [3.05, 3.63) is 35.9 Å². The second kappa shape index (κ2) is 7.63. The summed E-state index contributed by atoms with van der Waals surface area (Å²) in [6.07, 6.45) is 5.65. The highest BCUT2D eigenvalue weighted by molar-refractivity contribution is 5.79. The van der Waals surface area contributed by atoms with Gasteiger partial charge in [-0.1, -0.05) is 30.3 Å². The summed E-state index contributed by atoms with van der Waals surface area (Å²) < 4.78 is 11.2. The molecule has 4 nitrogen and oxygen atoms in total. The Balaban J connectivity index is 1.70. The molecule has 120 valence electrons. The number of hydrogen-bond donors (Lipinski definition) is 0. The van der Waals surface area contributed by atoms with Crippen molar-refractivity contribution in [2.45, 2.75) is 38.1 Å². The summed E-state index contributed by atoms with van der Waals surface area (Å²) >= 11 is 0. The number of nitrogens with zero attached hydrogens (tertiary/aromatic N) is 2. The lowest BCUT2D eigenvalue weighted by Gasteiger charge is -2.28. The maximum atomic E-state index is 5.92. The molecule has 1 aromatic carbocycles. The summed E-state index contributed by atoms with van der Waals surface area (Å²) in [6, 6.07) is 11.1. The summed E-state index contributed by atoms with van der Waals surface area (Å²) in [4.78, 5) is 0. The zero-order valence-corrected chi connectivity index (χ0v) is 13.4. The first-order chi connectivity index (χ1) is 10.9. The van der Waals surface area contributed by atoms with E-state index in [0.717, 1.165) is 51.3 Å². The topological polar surface area (TPSA) is 34.1 Å². The van der Waals surface area contributed by atoms with Gasteiger partial charge in [0, 0.05) is 19.6 Å². The highest BCUT2D eigenvalue weighted by Gasteiger charge is 2.28. The van der Waals surface area contributed by atoms with E-state index in [2.05, 4.69) is 35.3 Å². The van der Waals surface area contributed by atoms with E-state index in [-0.39, 0.29) is 0 Å². The fraction of sp³-hybridized carbons (Fsp3) is 0.611. The molecule has 2 saturated heterocycles. The minimum Gasteiger partial charge on any atom is -0.480 e. The first kappa shape index (κ1) is 15.3. The van der Waals surface area contributed by atoms with Crippen LogP contribution < -0.4 is 0 Å². The fourth-order valence-corrected chi connectivity index (χ4v) is 3.39. The van der Waals surface area contributed by atoms with Crippen LogP contribution in [-0.4, -0.2) is 43.8 Å². The van der Waals surface area contributed by atoms with E-state index in [4.69, 9.17) is 14.6 Å². The average Bonchev–Trinajstić information content (AvgIpc) is 2.98. The molecule has 3 rings (SSSR count). The Morgan fingerprint density at radius 2 is 2.09 bits per heavy atom. The minimum absolute atomic E-state index is 0.403. The Morgan fingerprint density at radius 1 is 1.23 bits per heavy atom. The highest BCUT2D eigenvalue weighted by Crippen LogP contribution is 2.24. The van der Waals surface area contributed by atoms with Crippen molar-refractivity contribution in [3.8, 4) is 0 Å². The molecule has 0 amide bonds. The fourth-order valence-electron chi connectivity index (χ4n) is 3.39. The highest BCUT2D eigenvalue weighted by atomic mass is 16.5. The molecule has 2 heterocycles. The van der Waals surface area contributed by atoms with Gasteiger partial charge in [0.05, 0.1) is 19.3 Å². The third-order valence-corrected chi connectivity index (χ3v) is 4.55. The monoisotopic (exact) mass is 302 g/mol. The van der Waals surface area contributed by atoms with Gasteiger partial charge in [-0.15, -0.1) is 5.10 Å². The number of rotatable bonds is 5. The second-order valence-corrected chi connectivity index (χ2v) is 6.23. The molecule has 0 N–H and O–H groups in total. The Morgan fingerprint density at radius 3 is 2.91 bits per heavy atom. The maximum absolute atomic E-state index is 5.92. The molecule has 2 atom stereocenters. The van der Waals surface area contributed by atoms with Crippen LogP contribution in [0.1, 0.15) is 31.2 Å². The van der Waals surface area contributed by atoms with Gasteiger partial charge in [0.2, 0.25) is 5.90 Å². The largest absolute Gasteiger partial charge is 0.480 e. The van der Waals surface area contributed by atoms with Gasteiger partial charge >= 0.3 is 0 Å². The van der Waals surface area contributed by atoms with Crippen LogP contribution >= 0.6 is 0 Å². The molecule has 0 spiro atoms. The standard InChI is InChI=1S/C18H26N2O2/c1-21-14-17-10-5-11-20(17)19-18-16(9-6-12-22-18)13-15-7-3-2-4-8-15/h2-4,7-8,16-17H,5-6,9-14H2,1H3/b19-18-/t16-,17-/m0/s1. The molecular formula is C18H26N2O2. The summed E-state index contributed by atoms with van der Waals surface area (Å²) in [6.45, 7) is 2.56. The zero-order valence-electron chi connectivity index (χ0n) is 13.4. The SMILES string of the molecule is COC[C@@H]1CCCN1/N=C1\OCCC[C@H]1Cc1ccccc1. The van der Waals surface area contributed by atoms with E-state index in [9.17, 15) is 0 Å². The number of hydrazone groups is 1. The van der Waals surface area contributed by atoms with Crippen LogP contribution in [0.4, 0.5) is 0 Å². The molecule has 1 aromatic rings. The summed E-state index contributed by atoms with van der Waals surface area (Å²) in [5.74, 6) is 1.33. The summed E-state index contributed by atoms with van der Waals surface area (Å²) in [7, 11) is 1.76. The van der Waals surface area contributed by atoms with Gasteiger partial charge in [0.15, 0.2) is 0 Å². The van der Waals surface area contributed by atoms with Gasteiger partial charge in [0.1, 0.15) is 0 Å². The molecule has 4 heteroatoms. The van der Waals surface area contributed by atoms with Crippen molar-refractivity contribution < 1.29 is 9.47 Å². The molecule has 0 radical (unpaired) electrons. The van der Waals surface area contributed by atoms with E-state index in [1.165, 1.54) is 12.0 Å². The third kappa shape index (κ3) is 3.80.